The Bertz CT molecular complexity index is 679. The fourth-order valence-corrected chi connectivity index (χ4v) is 3.66. The van der Waals surface area contributed by atoms with Crippen molar-refractivity contribution >= 4 is 21.8 Å². The van der Waals surface area contributed by atoms with Gasteiger partial charge in [-0.05, 0) is 40.9 Å². The van der Waals surface area contributed by atoms with Crippen LogP contribution in [0.15, 0.2) is 35.2 Å². The van der Waals surface area contributed by atoms with Gasteiger partial charge in [0.05, 0.1) is 35.5 Å². The van der Waals surface area contributed by atoms with Crippen LogP contribution in [0.5, 0.6) is 0 Å². The van der Waals surface area contributed by atoms with E-state index in [1.54, 1.807) is 6.33 Å². The highest BCUT2D eigenvalue weighted by molar-refractivity contribution is 9.10. The van der Waals surface area contributed by atoms with E-state index in [2.05, 4.69) is 20.9 Å². The third-order valence-corrected chi connectivity index (χ3v) is 4.65. The van der Waals surface area contributed by atoms with Crippen LogP contribution in [-0.4, -0.2) is 26.9 Å². The zero-order valence-corrected chi connectivity index (χ0v) is 11.8. The van der Waals surface area contributed by atoms with Gasteiger partial charge in [0.1, 0.15) is 0 Å². The molecule has 2 aliphatic rings. The standard InChI is InChI=1S/C14H12BrN3O/c15-9-3-1-4-11-13(9)14(19)17-6-2-5-10(17)12-7-16-8-18(11)12/h1,3-4,7-8,10H,2,5-6H2/t10-/m0/s1. The fourth-order valence-electron chi connectivity index (χ4n) is 3.14. The van der Waals surface area contributed by atoms with Gasteiger partial charge in [-0.2, -0.15) is 0 Å². The number of hydrogen-bond acceptors (Lipinski definition) is 2. The first kappa shape index (κ1) is 11.2. The molecule has 1 atom stereocenters. The number of nitrogens with zero attached hydrogens (tertiary/aromatic N) is 3. The van der Waals surface area contributed by atoms with E-state index in [0.29, 0.717) is 0 Å². The van der Waals surface area contributed by atoms with Gasteiger partial charge in [0.15, 0.2) is 0 Å². The van der Waals surface area contributed by atoms with Gasteiger partial charge in [-0.1, -0.05) is 6.07 Å². The highest BCUT2D eigenvalue weighted by Crippen LogP contribution is 2.39. The molecule has 96 valence electrons. The molecule has 0 unspecified atom stereocenters. The first-order valence-corrected chi connectivity index (χ1v) is 7.19. The van der Waals surface area contributed by atoms with Crippen molar-refractivity contribution in [3.8, 4) is 5.69 Å². The fraction of sp³-hybridized carbons (Fsp3) is 0.286. The van der Waals surface area contributed by atoms with Gasteiger partial charge in [-0.25, -0.2) is 4.98 Å². The van der Waals surface area contributed by atoms with Gasteiger partial charge in [0.2, 0.25) is 0 Å². The minimum atomic E-state index is 0.119. The van der Waals surface area contributed by atoms with Crippen molar-refractivity contribution in [3.63, 3.8) is 0 Å². The average molecular weight is 318 g/mol. The number of halogens is 1. The summed E-state index contributed by atoms with van der Waals surface area (Å²) in [6.45, 7) is 0.829. The van der Waals surface area contributed by atoms with E-state index in [1.807, 2.05) is 33.9 Å². The van der Waals surface area contributed by atoms with Gasteiger partial charge < -0.3 is 9.47 Å². The number of aromatic nitrogens is 2. The number of amides is 1. The third kappa shape index (κ3) is 1.45. The first-order valence-electron chi connectivity index (χ1n) is 6.39. The monoisotopic (exact) mass is 317 g/mol. The van der Waals surface area contributed by atoms with Crippen LogP contribution >= 0.6 is 15.9 Å². The van der Waals surface area contributed by atoms with Crippen LogP contribution < -0.4 is 0 Å². The molecule has 0 aliphatic carbocycles. The number of hydrogen-bond donors (Lipinski definition) is 0. The summed E-state index contributed by atoms with van der Waals surface area (Å²) in [5.74, 6) is 0.119. The lowest BCUT2D eigenvalue weighted by atomic mass is 10.1. The van der Waals surface area contributed by atoms with Crippen molar-refractivity contribution in [2.75, 3.05) is 6.54 Å². The number of benzene rings is 1. The normalized spacial score (nSPS) is 20.8. The number of imidazole rings is 1. The molecule has 0 N–H and O–H groups in total. The van der Waals surface area contributed by atoms with E-state index in [0.717, 1.165) is 40.8 Å². The lowest BCUT2D eigenvalue weighted by Crippen LogP contribution is -2.29. The topological polar surface area (TPSA) is 38.1 Å². The Morgan fingerprint density at radius 3 is 3.16 bits per heavy atom. The highest BCUT2D eigenvalue weighted by atomic mass is 79.9. The highest BCUT2D eigenvalue weighted by Gasteiger charge is 2.37. The molecule has 1 aromatic heterocycles. The molecule has 2 aliphatic heterocycles. The maximum absolute atomic E-state index is 12.8. The minimum absolute atomic E-state index is 0.119. The van der Waals surface area contributed by atoms with Crippen LogP contribution in [0.3, 0.4) is 0 Å². The Kier molecular flexibility index (Phi) is 2.33. The van der Waals surface area contributed by atoms with E-state index in [-0.39, 0.29) is 11.9 Å². The smallest absolute Gasteiger partial charge is 0.257 e. The van der Waals surface area contributed by atoms with Crippen LogP contribution in [0.2, 0.25) is 0 Å². The molecule has 19 heavy (non-hydrogen) atoms. The Morgan fingerprint density at radius 2 is 2.26 bits per heavy atom. The maximum Gasteiger partial charge on any atom is 0.257 e. The Hall–Kier alpha value is -1.62. The quantitative estimate of drug-likeness (QED) is 0.749. The minimum Gasteiger partial charge on any atom is -0.330 e. The number of rotatable bonds is 0. The molecule has 0 spiro atoms. The summed E-state index contributed by atoms with van der Waals surface area (Å²) in [6, 6.07) is 6.01. The Balaban J connectivity index is 2.06. The van der Waals surface area contributed by atoms with E-state index in [4.69, 9.17) is 0 Å². The summed E-state index contributed by atoms with van der Waals surface area (Å²) in [5, 5.41) is 0. The van der Waals surface area contributed by atoms with Gasteiger partial charge in [-0.15, -0.1) is 0 Å². The molecule has 1 fully saturated rings. The van der Waals surface area contributed by atoms with Crippen molar-refractivity contribution in [3.05, 3.63) is 46.5 Å². The van der Waals surface area contributed by atoms with E-state index in [9.17, 15) is 4.79 Å². The summed E-state index contributed by atoms with van der Waals surface area (Å²) < 4.78 is 2.90. The van der Waals surface area contributed by atoms with Gasteiger partial charge in [0.25, 0.3) is 5.91 Å². The molecule has 5 heteroatoms. The number of carbonyl (C=O) groups is 1. The lowest BCUT2D eigenvalue weighted by molar-refractivity contribution is 0.0738. The van der Waals surface area contributed by atoms with Crippen LogP contribution in [0.1, 0.15) is 34.9 Å². The lowest BCUT2D eigenvalue weighted by Gasteiger charge is -2.22. The molecule has 0 radical (unpaired) electrons. The second kappa shape index (κ2) is 3.93. The first-order chi connectivity index (χ1) is 9.27. The molecule has 1 amide bonds. The molecule has 0 saturated carbocycles. The third-order valence-electron chi connectivity index (χ3n) is 3.99. The zero-order valence-electron chi connectivity index (χ0n) is 10.2. The molecule has 4 rings (SSSR count). The summed E-state index contributed by atoms with van der Waals surface area (Å²) >= 11 is 3.51. The van der Waals surface area contributed by atoms with E-state index in [1.165, 1.54) is 0 Å². The van der Waals surface area contributed by atoms with Crippen LogP contribution in [0.4, 0.5) is 0 Å². The van der Waals surface area contributed by atoms with Crippen molar-refractivity contribution in [1.82, 2.24) is 14.5 Å². The molecule has 1 saturated heterocycles. The molecule has 4 nitrogen and oxygen atoms in total. The van der Waals surface area contributed by atoms with Crippen molar-refractivity contribution in [2.45, 2.75) is 18.9 Å². The van der Waals surface area contributed by atoms with Crippen molar-refractivity contribution in [1.29, 1.82) is 0 Å². The summed E-state index contributed by atoms with van der Waals surface area (Å²) in [7, 11) is 0. The number of fused-ring (bicyclic) bond motifs is 5. The largest absolute Gasteiger partial charge is 0.330 e. The molecular weight excluding hydrogens is 306 g/mol. The zero-order chi connectivity index (χ0) is 13.0. The second-order valence-corrected chi connectivity index (χ2v) is 5.83. The van der Waals surface area contributed by atoms with Crippen LogP contribution in [0, 0.1) is 0 Å². The summed E-state index contributed by atoms with van der Waals surface area (Å²) in [5.41, 5.74) is 2.77. The summed E-state index contributed by atoms with van der Waals surface area (Å²) in [6.07, 6.45) is 5.76. The number of carbonyl (C=O) groups excluding carboxylic acids is 1. The van der Waals surface area contributed by atoms with Crippen molar-refractivity contribution in [2.24, 2.45) is 0 Å². The molecular formula is C14H12BrN3O. The van der Waals surface area contributed by atoms with Crippen LogP contribution in [0.25, 0.3) is 5.69 Å². The average Bonchev–Trinajstić information content (AvgIpc) is 3.04. The molecule has 0 bridgehead atoms. The summed E-state index contributed by atoms with van der Waals surface area (Å²) in [4.78, 5) is 19.0. The van der Waals surface area contributed by atoms with E-state index >= 15 is 0 Å². The molecule has 1 aromatic carbocycles. The maximum atomic E-state index is 12.8. The SMILES string of the molecule is O=C1c2c(Br)cccc2-n2cncc2[C@@H]2CCCN12. The van der Waals surface area contributed by atoms with E-state index < -0.39 is 0 Å². The van der Waals surface area contributed by atoms with Crippen molar-refractivity contribution < 1.29 is 4.79 Å². The van der Waals surface area contributed by atoms with Gasteiger partial charge in [0, 0.05) is 11.0 Å². The Morgan fingerprint density at radius 1 is 1.37 bits per heavy atom. The molecule has 3 heterocycles. The predicted octanol–water partition coefficient (Wildman–Crippen LogP) is 2.93. The second-order valence-electron chi connectivity index (χ2n) is 4.98. The Labute approximate surface area is 119 Å². The molecule has 2 aromatic rings. The predicted molar refractivity (Wildman–Crippen MR) is 74.3 cm³/mol. The van der Waals surface area contributed by atoms with Crippen LogP contribution in [-0.2, 0) is 0 Å². The van der Waals surface area contributed by atoms with Gasteiger partial charge in [-0.3, -0.25) is 4.79 Å². The van der Waals surface area contributed by atoms with Gasteiger partial charge >= 0.3 is 0 Å².